The van der Waals surface area contributed by atoms with Gasteiger partial charge in [0, 0.05) is 25.4 Å². The summed E-state index contributed by atoms with van der Waals surface area (Å²) < 4.78 is 0. The molecule has 0 N–H and O–H groups in total. The first kappa shape index (κ1) is 16.2. The van der Waals surface area contributed by atoms with Crippen LogP contribution in [-0.4, -0.2) is 29.2 Å². The smallest absolute Gasteiger partial charge is 0.223 e. The van der Waals surface area contributed by atoms with Gasteiger partial charge in [-0.2, -0.15) is 0 Å². The van der Waals surface area contributed by atoms with Crippen LogP contribution in [0.1, 0.15) is 66.7 Å². The molecular formula is C16H29NO2. The zero-order chi connectivity index (χ0) is 14.6. The van der Waals surface area contributed by atoms with Crippen molar-refractivity contribution >= 4 is 11.7 Å². The highest BCUT2D eigenvalue weighted by molar-refractivity contribution is 5.80. The summed E-state index contributed by atoms with van der Waals surface area (Å²) in [6.07, 6.45) is 4.23. The van der Waals surface area contributed by atoms with Crippen LogP contribution >= 0.6 is 0 Å². The molecule has 0 aliphatic carbocycles. The number of Topliss-reactive ketones (excluding diaryl/α,β-unsaturated/α-hetero) is 1. The molecule has 1 amide bonds. The van der Waals surface area contributed by atoms with Crippen molar-refractivity contribution in [3.63, 3.8) is 0 Å². The number of hydrogen-bond acceptors (Lipinski definition) is 2. The second kappa shape index (κ2) is 6.53. The van der Waals surface area contributed by atoms with Crippen molar-refractivity contribution in [1.82, 2.24) is 4.90 Å². The second-order valence-electron chi connectivity index (χ2n) is 7.36. The quantitative estimate of drug-likeness (QED) is 0.765. The number of ketones is 1. The number of carbonyl (C=O) groups excluding carboxylic acids is 2. The monoisotopic (exact) mass is 267 g/mol. The van der Waals surface area contributed by atoms with E-state index < -0.39 is 0 Å². The summed E-state index contributed by atoms with van der Waals surface area (Å²) in [5.74, 6) is 0.832. The highest BCUT2D eigenvalue weighted by atomic mass is 16.2. The van der Waals surface area contributed by atoms with Crippen molar-refractivity contribution in [3.05, 3.63) is 0 Å². The summed E-state index contributed by atoms with van der Waals surface area (Å²) >= 11 is 0. The van der Waals surface area contributed by atoms with Crippen LogP contribution in [0, 0.1) is 11.3 Å². The topological polar surface area (TPSA) is 37.4 Å². The van der Waals surface area contributed by atoms with E-state index in [0.717, 1.165) is 25.8 Å². The summed E-state index contributed by atoms with van der Waals surface area (Å²) in [6.45, 7) is 11.2. The number of nitrogens with zero attached hydrogens (tertiary/aromatic N) is 1. The van der Waals surface area contributed by atoms with Crippen molar-refractivity contribution in [2.75, 3.05) is 6.54 Å². The normalized spacial score (nSPS) is 21.5. The molecule has 0 spiro atoms. The maximum absolute atomic E-state index is 12.3. The largest absolute Gasteiger partial charge is 0.339 e. The van der Waals surface area contributed by atoms with Gasteiger partial charge in [0.2, 0.25) is 5.91 Å². The van der Waals surface area contributed by atoms with E-state index in [4.69, 9.17) is 0 Å². The molecule has 0 aromatic carbocycles. The third-order valence-electron chi connectivity index (χ3n) is 3.70. The first-order chi connectivity index (χ1) is 8.69. The highest BCUT2D eigenvalue weighted by Crippen LogP contribution is 2.28. The number of amides is 1. The van der Waals surface area contributed by atoms with E-state index in [0.29, 0.717) is 18.8 Å². The summed E-state index contributed by atoms with van der Waals surface area (Å²) in [6, 6.07) is 0.159. The molecule has 0 radical (unpaired) electrons. The summed E-state index contributed by atoms with van der Waals surface area (Å²) in [7, 11) is 0. The third kappa shape index (κ3) is 5.75. The Kier molecular flexibility index (Phi) is 5.57. The zero-order valence-corrected chi connectivity index (χ0v) is 13.2. The molecule has 2 atom stereocenters. The molecule has 0 aromatic rings. The van der Waals surface area contributed by atoms with Crippen molar-refractivity contribution in [2.45, 2.75) is 72.8 Å². The lowest BCUT2D eigenvalue weighted by atomic mass is 9.84. The molecule has 3 nitrogen and oxygen atoms in total. The van der Waals surface area contributed by atoms with Gasteiger partial charge in [-0.15, -0.1) is 0 Å². The fourth-order valence-electron chi connectivity index (χ4n) is 3.24. The Morgan fingerprint density at radius 3 is 2.47 bits per heavy atom. The van der Waals surface area contributed by atoms with Gasteiger partial charge in [0.25, 0.3) is 0 Å². The van der Waals surface area contributed by atoms with Gasteiger partial charge in [0.1, 0.15) is 5.78 Å². The number of rotatable bonds is 5. The minimum Gasteiger partial charge on any atom is -0.339 e. The highest BCUT2D eigenvalue weighted by Gasteiger charge is 2.30. The van der Waals surface area contributed by atoms with Gasteiger partial charge in [0.05, 0.1) is 0 Å². The van der Waals surface area contributed by atoms with E-state index >= 15 is 0 Å². The second-order valence-corrected chi connectivity index (χ2v) is 7.36. The first-order valence-electron chi connectivity index (χ1n) is 7.48. The molecule has 0 saturated carbocycles. The Hall–Kier alpha value is -0.860. The Bertz CT molecular complexity index is 330. The number of hydrogen-bond donors (Lipinski definition) is 0. The van der Waals surface area contributed by atoms with Gasteiger partial charge in [0.15, 0.2) is 0 Å². The maximum Gasteiger partial charge on any atom is 0.223 e. The van der Waals surface area contributed by atoms with Crippen LogP contribution in [0.5, 0.6) is 0 Å². The molecule has 1 aliphatic heterocycles. The van der Waals surface area contributed by atoms with Crippen LogP contribution < -0.4 is 0 Å². The van der Waals surface area contributed by atoms with E-state index in [-0.39, 0.29) is 23.1 Å². The first-order valence-corrected chi connectivity index (χ1v) is 7.48. The van der Waals surface area contributed by atoms with E-state index in [1.165, 1.54) is 0 Å². The van der Waals surface area contributed by atoms with Crippen LogP contribution in [0.2, 0.25) is 0 Å². The fourth-order valence-corrected chi connectivity index (χ4v) is 3.24. The molecule has 1 aliphatic rings. The van der Waals surface area contributed by atoms with Crippen LogP contribution in [0.4, 0.5) is 0 Å². The molecule has 1 rings (SSSR count). The minimum absolute atomic E-state index is 0.159. The van der Waals surface area contributed by atoms with Gasteiger partial charge in [-0.05, 0) is 37.5 Å². The van der Waals surface area contributed by atoms with Gasteiger partial charge in [-0.25, -0.2) is 0 Å². The van der Waals surface area contributed by atoms with Gasteiger partial charge >= 0.3 is 0 Å². The molecule has 0 aromatic heterocycles. The molecule has 1 fully saturated rings. The van der Waals surface area contributed by atoms with Crippen LogP contribution in [-0.2, 0) is 9.59 Å². The molecule has 110 valence electrons. The van der Waals surface area contributed by atoms with Gasteiger partial charge in [-0.3, -0.25) is 9.59 Å². The Morgan fingerprint density at radius 2 is 1.95 bits per heavy atom. The minimum atomic E-state index is 0.159. The number of carbonyl (C=O) groups is 2. The predicted octanol–water partition coefficient (Wildman–Crippen LogP) is 3.42. The molecule has 3 heteroatoms. The molecule has 2 unspecified atom stereocenters. The van der Waals surface area contributed by atoms with Crippen LogP contribution in [0.15, 0.2) is 0 Å². The Balaban J connectivity index is 2.50. The number of likely N-dealkylation sites (tertiary alicyclic amines) is 1. The lowest BCUT2D eigenvalue weighted by Crippen LogP contribution is -2.37. The van der Waals surface area contributed by atoms with E-state index in [9.17, 15) is 9.59 Å². The maximum atomic E-state index is 12.3. The summed E-state index contributed by atoms with van der Waals surface area (Å²) in [5.41, 5.74) is 0.267. The van der Waals surface area contributed by atoms with Crippen molar-refractivity contribution in [1.29, 1.82) is 0 Å². The average Bonchev–Trinajstić information content (AvgIpc) is 2.61. The zero-order valence-electron chi connectivity index (χ0n) is 13.2. The molecule has 1 saturated heterocycles. The van der Waals surface area contributed by atoms with Crippen LogP contribution in [0.3, 0.4) is 0 Å². The average molecular weight is 267 g/mol. The van der Waals surface area contributed by atoms with E-state index in [1.807, 2.05) is 4.90 Å². The lowest BCUT2D eigenvalue weighted by Gasteiger charge is -2.27. The van der Waals surface area contributed by atoms with Crippen molar-refractivity contribution in [2.24, 2.45) is 11.3 Å². The summed E-state index contributed by atoms with van der Waals surface area (Å²) in [4.78, 5) is 25.5. The van der Waals surface area contributed by atoms with Crippen LogP contribution in [0.25, 0.3) is 0 Å². The standard InChI is InChI=1S/C16H29NO2/c1-12(11-16(3,4)5)9-15(19)17-8-6-7-14(17)10-13(2)18/h12,14H,6-11H2,1-5H3. The molecular weight excluding hydrogens is 238 g/mol. The van der Waals surface area contributed by atoms with Gasteiger partial charge < -0.3 is 4.90 Å². The molecule has 1 heterocycles. The van der Waals surface area contributed by atoms with Crippen molar-refractivity contribution in [3.8, 4) is 0 Å². The summed E-state index contributed by atoms with van der Waals surface area (Å²) in [5, 5.41) is 0. The molecule has 0 bridgehead atoms. The van der Waals surface area contributed by atoms with Gasteiger partial charge in [-0.1, -0.05) is 27.7 Å². The predicted molar refractivity (Wildman–Crippen MR) is 77.9 cm³/mol. The van der Waals surface area contributed by atoms with E-state index in [1.54, 1.807) is 6.92 Å². The third-order valence-corrected chi connectivity index (χ3v) is 3.70. The Morgan fingerprint density at radius 1 is 1.32 bits per heavy atom. The SMILES string of the molecule is CC(=O)CC1CCCN1C(=O)CC(C)CC(C)(C)C. The van der Waals surface area contributed by atoms with Crippen molar-refractivity contribution < 1.29 is 9.59 Å². The Labute approximate surface area is 117 Å². The molecule has 19 heavy (non-hydrogen) atoms. The van der Waals surface area contributed by atoms with E-state index in [2.05, 4.69) is 27.7 Å². The fraction of sp³-hybridized carbons (Fsp3) is 0.875. The lowest BCUT2D eigenvalue weighted by molar-refractivity contribution is -0.133.